The van der Waals surface area contributed by atoms with Crippen molar-refractivity contribution in [3.05, 3.63) is 29.8 Å². The molecule has 0 fully saturated rings. The van der Waals surface area contributed by atoms with Gasteiger partial charge in [-0.2, -0.15) is 5.10 Å². The van der Waals surface area contributed by atoms with E-state index in [2.05, 4.69) is 15.1 Å². The maximum atomic E-state index is 12.2. The van der Waals surface area contributed by atoms with Gasteiger partial charge in [0.05, 0.1) is 29.7 Å². The number of carbonyl (C=O) groups excluding carboxylic acids is 1. The Hall–Kier alpha value is -2.44. The molecule has 2 aromatic heterocycles. The number of nitrogens with two attached hydrogens (primary N) is 1. The molecule has 7 nitrogen and oxygen atoms in total. The summed E-state index contributed by atoms with van der Waals surface area (Å²) < 4.78 is 1.77. The molecule has 1 amide bonds. The van der Waals surface area contributed by atoms with Crippen LogP contribution in [-0.4, -0.2) is 25.7 Å². The SMILES string of the molecule is CCn1cc(N2Cc3nc(N)ncc3C2=O)cn1. The number of nitrogen functional groups attached to an aromatic ring is 1. The lowest BCUT2D eigenvalue weighted by atomic mass is 10.3. The van der Waals surface area contributed by atoms with Gasteiger partial charge in [0.1, 0.15) is 0 Å². The molecule has 0 bridgehead atoms. The third kappa shape index (κ3) is 1.52. The Morgan fingerprint density at radius 3 is 3.00 bits per heavy atom. The van der Waals surface area contributed by atoms with Gasteiger partial charge in [-0.25, -0.2) is 9.97 Å². The lowest BCUT2D eigenvalue weighted by Crippen LogP contribution is -2.22. The fourth-order valence-electron chi connectivity index (χ4n) is 1.97. The summed E-state index contributed by atoms with van der Waals surface area (Å²) in [6, 6.07) is 0. The van der Waals surface area contributed by atoms with E-state index in [1.165, 1.54) is 6.20 Å². The van der Waals surface area contributed by atoms with Crippen LogP contribution in [0.3, 0.4) is 0 Å². The van der Waals surface area contributed by atoms with Crippen LogP contribution < -0.4 is 10.6 Å². The van der Waals surface area contributed by atoms with Crippen molar-refractivity contribution in [2.75, 3.05) is 10.6 Å². The van der Waals surface area contributed by atoms with E-state index in [1.807, 2.05) is 13.1 Å². The van der Waals surface area contributed by atoms with Gasteiger partial charge < -0.3 is 5.73 Å². The number of amides is 1. The molecule has 0 radical (unpaired) electrons. The number of rotatable bonds is 2. The van der Waals surface area contributed by atoms with E-state index in [-0.39, 0.29) is 11.9 Å². The van der Waals surface area contributed by atoms with Crippen LogP contribution in [0.4, 0.5) is 11.6 Å². The van der Waals surface area contributed by atoms with Crippen LogP contribution in [0.25, 0.3) is 0 Å². The Labute approximate surface area is 103 Å². The lowest BCUT2D eigenvalue weighted by molar-refractivity contribution is 0.0996. The van der Waals surface area contributed by atoms with Crippen LogP contribution in [0.5, 0.6) is 0 Å². The van der Waals surface area contributed by atoms with E-state index < -0.39 is 0 Å². The summed E-state index contributed by atoms with van der Waals surface area (Å²) in [5.74, 6) is 0.0771. The first-order chi connectivity index (χ1) is 8.69. The predicted molar refractivity (Wildman–Crippen MR) is 64.9 cm³/mol. The lowest BCUT2D eigenvalue weighted by Gasteiger charge is -2.11. The van der Waals surface area contributed by atoms with Crippen molar-refractivity contribution >= 4 is 17.5 Å². The van der Waals surface area contributed by atoms with E-state index in [9.17, 15) is 4.79 Å². The minimum Gasteiger partial charge on any atom is -0.368 e. The van der Waals surface area contributed by atoms with Crippen LogP contribution in [0.1, 0.15) is 23.0 Å². The topological polar surface area (TPSA) is 89.9 Å². The number of hydrogen-bond acceptors (Lipinski definition) is 5. The van der Waals surface area contributed by atoms with E-state index in [4.69, 9.17) is 5.73 Å². The summed E-state index contributed by atoms with van der Waals surface area (Å²) >= 11 is 0. The van der Waals surface area contributed by atoms with Crippen molar-refractivity contribution < 1.29 is 4.79 Å². The maximum Gasteiger partial charge on any atom is 0.262 e. The Kier molecular flexibility index (Phi) is 2.26. The summed E-state index contributed by atoms with van der Waals surface area (Å²) in [7, 11) is 0. The molecule has 1 aliphatic rings. The van der Waals surface area contributed by atoms with Gasteiger partial charge in [-0.05, 0) is 6.92 Å². The van der Waals surface area contributed by atoms with Crippen molar-refractivity contribution in [1.29, 1.82) is 0 Å². The number of anilines is 2. The summed E-state index contributed by atoms with van der Waals surface area (Å²) in [5, 5.41) is 4.16. The molecule has 18 heavy (non-hydrogen) atoms. The van der Waals surface area contributed by atoms with Gasteiger partial charge in [0.15, 0.2) is 0 Å². The molecule has 3 rings (SSSR count). The number of fused-ring (bicyclic) bond motifs is 1. The molecule has 1 aliphatic heterocycles. The van der Waals surface area contributed by atoms with Crippen molar-refractivity contribution in [1.82, 2.24) is 19.7 Å². The Morgan fingerprint density at radius 1 is 1.44 bits per heavy atom. The molecule has 3 heterocycles. The van der Waals surface area contributed by atoms with Gasteiger partial charge >= 0.3 is 0 Å². The van der Waals surface area contributed by atoms with Crippen molar-refractivity contribution in [3.63, 3.8) is 0 Å². The number of nitrogens with zero attached hydrogens (tertiary/aromatic N) is 5. The average molecular weight is 244 g/mol. The number of aryl methyl sites for hydroxylation is 1. The molecule has 0 unspecified atom stereocenters. The Morgan fingerprint density at radius 2 is 2.28 bits per heavy atom. The van der Waals surface area contributed by atoms with Crippen molar-refractivity contribution in [3.8, 4) is 0 Å². The minimum absolute atomic E-state index is 0.111. The molecule has 0 atom stereocenters. The third-order valence-corrected chi connectivity index (χ3v) is 2.93. The highest BCUT2D eigenvalue weighted by Crippen LogP contribution is 2.26. The molecule has 0 aliphatic carbocycles. The first-order valence-electron chi connectivity index (χ1n) is 5.64. The summed E-state index contributed by atoms with van der Waals surface area (Å²) in [6.07, 6.45) is 4.98. The monoisotopic (exact) mass is 244 g/mol. The second-order valence-corrected chi connectivity index (χ2v) is 4.03. The number of aromatic nitrogens is 4. The molecule has 2 N–H and O–H groups in total. The summed E-state index contributed by atoms with van der Waals surface area (Å²) in [4.78, 5) is 21.7. The highest BCUT2D eigenvalue weighted by atomic mass is 16.2. The highest BCUT2D eigenvalue weighted by molar-refractivity contribution is 6.09. The molecule has 0 spiro atoms. The average Bonchev–Trinajstić information content (AvgIpc) is 2.94. The molecular weight excluding hydrogens is 232 g/mol. The van der Waals surface area contributed by atoms with Crippen molar-refractivity contribution in [2.24, 2.45) is 0 Å². The van der Waals surface area contributed by atoms with Gasteiger partial charge in [-0.1, -0.05) is 0 Å². The van der Waals surface area contributed by atoms with Gasteiger partial charge in [0.2, 0.25) is 5.95 Å². The van der Waals surface area contributed by atoms with Crippen LogP contribution in [0, 0.1) is 0 Å². The molecule has 92 valence electrons. The van der Waals surface area contributed by atoms with Gasteiger partial charge in [-0.15, -0.1) is 0 Å². The van der Waals surface area contributed by atoms with E-state index in [0.29, 0.717) is 17.8 Å². The molecular formula is C11H12N6O. The Bertz CT molecular complexity index is 620. The first kappa shape index (κ1) is 10.7. The fourth-order valence-corrected chi connectivity index (χ4v) is 1.97. The normalized spacial score (nSPS) is 14.1. The van der Waals surface area contributed by atoms with Crippen LogP contribution in [0.2, 0.25) is 0 Å². The van der Waals surface area contributed by atoms with Crippen LogP contribution >= 0.6 is 0 Å². The molecule has 0 saturated heterocycles. The first-order valence-corrected chi connectivity index (χ1v) is 5.64. The molecule has 7 heteroatoms. The Balaban J connectivity index is 1.96. The zero-order valence-electron chi connectivity index (χ0n) is 9.87. The number of hydrogen-bond donors (Lipinski definition) is 1. The quantitative estimate of drug-likeness (QED) is 0.827. The second kappa shape index (κ2) is 3.80. The van der Waals surface area contributed by atoms with Crippen molar-refractivity contribution in [2.45, 2.75) is 20.0 Å². The smallest absolute Gasteiger partial charge is 0.262 e. The van der Waals surface area contributed by atoms with Gasteiger partial charge in [0, 0.05) is 18.9 Å². The summed E-state index contributed by atoms with van der Waals surface area (Å²) in [6.45, 7) is 3.17. The zero-order chi connectivity index (χ0) is 12.7. The third-order valence-electron chi connectivity index (χ3n) is 2.93. The maximum absolute atomic E-state index is 12.2. The largest absolute Gasteiger partial charge is 0.368 e. The van der Waals surface area contributed by atoms with Gasteiger partial charge in [-0.3, -0.25) is 14.4 Å². The molecule has 2 aromatic rings. The van der Waals surface area contributed by atoms with E-state index in [0.717, 1.165) is 12.2 Å². The predicted octanol–water partition coefficient (Wildman–Crippen LogP) is 0.436. The van der Waals surface area contributed by atoms with Gasteiger partial charge in [0.25, 0.3) is 5.91 Å². The molecule has 0 saturated carbocycles. The minimum atomic E-state index is -0.111. The summed E-state index contributed by atoms with van der Waals surface area (Å²) in [5.41, 5.74) is 7.45. The second-order valence-electron chi connectivity index (χ2n) is 4.03. The van der Waals surface area contributed by atoms with E-state index >= 15 is 0 Å². The number of carbonyl (C=O) groups is 1. The fraction of sp³-hybridized carbons (Fsp3) is 0.273. The van der Waals surface area contributed by atoms with E-state index in [1.54, 1.807) is 15.8 Å². The van der Waals surface area contributed by atoms with Crippen LogP contribution in [0.15, 0.2) is 18.6 Å². The molecule has 0 aromatic carbocycles. The highest BCUT2D eigenvalue weighted by Gasteiger charge is 2.31. The standard InChI is InChI=1S/C11H12N6O/c1-2-16-5-7(3-14-16)17-6-9-8(10(17)18)4-13-11(12)15-9/h3-5H,2,6H2,1H3,(H2,12,13,15). The zero-order valence-corrected chi connectivity index (χ0v) is 9.87. The van der Waals surface area contributed by atoms with Crippen LogP contribution in [-0.2, 0) is 13.1 Å².